The average Bonchev–Trinajstić information content (AvgIpc) is 2.89. The van der Waals surface area contributed by atoms with Gasteiger partial charge in [-0.25, -0.2) is 0 Å². The van der Waals surface area contributed by atoms with Crippen molar-refractivity contribution in [1.29, 1.82) is 0 Å². The van der Waals surface area contributed by atoms with E-state index in [0.29, 0.717) is 5.41 Å². The number of nitrogens with one attached hydrogen (secondary N) is 1. The molecule has 0 heterocycles. The van der Waals surface area contributed by atoms with Gasteiger partial charge in [0.25, 0.3) is 0 Å². The van der Waals surface area contributed by atoms with Gasteiger partial charge >= 0.3 is 0 Å². The summed E-state index contributed by atoms with van der Waals surface area (Å²) in [5.41, 5.74) is 4.81. The summed E-state index contributed by atoms with van der Waals surface area (Å²) in [5.74, 6) is 1.56. The van der Waals surface area contributed by atoms with E-state index in [9.17, 15) is 0 Å². The van der Waals surface area contributed by atoms with Crippen LogP contribution in [-0.2, 0) is 5.41 Å². The van der Waals surface area contributed by atoms with Gasteiger partial charge in [-0.05, 0) is 61.7 Å². The van der Waals surface area contributed by atoms with Gasteiger partial charge in [-0.1, -0.05) is 44.5 Å². The first-order chi connectivity index (χ1) is 8.43. The zero-order chi connectivity index (χ0) is 13.3. The van der Waals surface area contributed by atoms with Crippen LogP contribution in [0.1, 0.15) is 43.9 Å². The van der Waals surface area contributed by atoms with Crippen LogP contribution < -0.4 is 5.32 Å². The molecule has 0 saturated heterocycles. The summed E-state index contributed by atoms with van der Waals surface area (Å²) >= 11 is 0. The van der Waals surface area contributed by atoms with E-state index in [1.165, 1.54) is 24.1 Å². The van der Waals surface area contributed by atoms with Crippen molar-refractivity contribution in [3.8, 4) is 0 Å². The van der Waals surface area contributed by atoms with Crippen molar-refractivity contribution in [3.05, 3.63) is 34.9 Å². The average molecular weight is 245 g/mol. The van der Waals surface area contributed by atoms with Crippen LogP contribution in [0.15, 0.2) is 18.2 Å². The Bertz CT molecular complexity index is 422. The van der Waals surface area contributed by atoms with E-state index in [2.05, 4.69) is 58.1 Å². The van der Waals surface area contributed by atoms with Gasteiger partial charge in [-0.3, -0.25) is 0 Å². The summed E-state index contributed by atoms with van der Waals surface area (Å²) in [6, 6.07) is 6.91. The number of hydrogen-bond acceptors (Lipinski definition) is 1. The third kappa shape index (κ3) is 2.77. The van der Waals surface area contributed by atoms with Crippen LogP contribution in [0.3, 0.4) is 0 Å². The monoisotopic (exact) mass is 245 g/mol. The van der Waals surface area contributed by atoms with Gasteiger partial charge in [0, 0.05) is 0 Å². The van der Waals surface area contributed by atoms with Crippen LogP contribution >= 0.6 is 0 Å². The molecule has 2 rings (SSSR count). The highest BCUT2D eigenvalue weighted by molar-refractivity contribution is 5.40. The number of aryl methyl sites for hydroxylation is 2. The van der Waals surface area contributed by atoms with Gasteiger partial charge in [0.1, 0.15) is 0 Å². The molecule has 1 aliphatic carbocycles. The Kier molecular flexibility index (Phi) is 3.82. The highest BCUT2D eigenvalue weighted by Crippen LogP contribution is 2.54. The third-order valence-electron chi connectivity index (χ3n) is 4.35. The predicted molar refractivity (Wildman–Crippen MR) is 79.1 cm³/mol. The Labute approximate surface area is 112 Å². The maximum Gasteiger partial charge on any atom is -0.00117 e. The first-order valence-corrected chi connectivity index (χ1v) is 7.22. The SMILES string of the molecule is Cc1ccc(C2(C)CC2CNCC(C)C)c(C)c1. The van der Waals surface area contributed by atoms with E-state index >= 15 is 0 Å². The van der Waals surface area contributed by atoms with Crippen LogP contribution in [0.5, 0.6) is 0 Å². The van der Waals surface area contributed by atoms with Crippen LogP contribution in [0.2, 0.25) is 0 Å². The lowest BCUT2D eigenvalue weighted by atomic mass is 9.90. The second-order valence-corrected chi connectivity index (χ2v) is 6.69. The minimum Gasteiger partial charge on any atom is -0.316 e. The summed E-state index contributed by atoms with van der Waals surface area (Å²) < 4.78 is 0. The quantitative estimate of drug-likeness (QED) is 0.831. The van der Waals surface area contributed by atoms with Crippen molar-refractivity contribution >= 4 is 0 Å². The first-order valence-electron chi connectivity index (χ1n) is 7.22. The fourth-order valence-electron chi connectivity index (χ4n) is 3.08. The van der Waals surface area contributed by atoms with Crippen molar-refractivity contribution in [2.24, 2.45) is 11.8 Å². The van der Waals surface area contributed by atoms with Crippen molar-refractivity contribution < 1.29 is 0 Å². The van der Waals surface area contributed by atoms with Crippen LogP contribution in [-0.4, -0.2) is 13.1 Å². The molecule has 2 unspecified atom stereocenters. The van der Waals surface area contributed by atoms with Gasteiger partial charge in [0.2, 0.25) is 0 Å². The molecule has 1 heteroatoms. The molecule has 2 atom stereocenters. The fourth-order valence-corrected chi connectivity index (χ4v) is 3.08. The van der Waals surface area contributed by atoms with Crippen LogP contribution in [0, 0.1) is 25.7 Å². The van der Waals surface area contributed by atoms with Crippen LogP contribution in [0.4, 0.5) is 0 Å². The number of hydrogen-bond donors (Lipinski definition) is 1. The smallest absolute Gasteiger partial charge is 0.00117 e. The van der Waals surface area contributed by atoms with Crippen molar-refractivity contribution in [2.75, 3.05) is 13.1 Å². The third-order valence-corrected chi connectivity index (χ3v) is 4.35. The lowest BCUT2D eigenvalue weighted by molar-refractivity contribution is 0.515. The Morgan fingerprint density at radius 2 is 2.06 bits per heavy atom. The molecule has 0 aromatic heterocycles. The Balaban J connectivity index is 1.98. The minimum absolute atomic E-state index is 0.418. The van der Waals surface area contributed by atoms with E-state index in [4.69, 9.17) is 0 Å². The summed E-state index contributed by atoms with van der Waals surface area (Å²) in [4.78, 5) is 0. The highest BCUT2D eigenvalue weighted by Gasteiger charge is 2.51. The highest BCUT2D eigenvalue weighted by atomic mass is 14.9. The van der Waals surface area contributed by atoms with Crippen molar-refractivity contribution in [1.82, 2.24) is 5.32 Å². The summed E-state index contributed by atoms with van der Waals surface area (Å²) in [5, 5.41) is 3.60. The van der Waals surface area contributed by atoms with E-state index in [-0.39, 0.29) is 0 Å². The molecule has 1 N–H and O–H groups in total. The zero-order valence-electron chi connectivity index (χ0n) is 12.5. The number of benzene rings is 1. The largest absolute Gasteiger partial charge is 0.316 e. The first kappa shape index (κ1) is 13.6. The molecule has 1 saturated carbocycles. The Hall–Kier alpha value is -0.820. The van der Waals surface area contributed by atoms with Crippen molar-refractivity contribution in [2.45, 2.75) is 46.5 Å². The second-order valence-electron chi connectivity index (χ2n) is 6.69. The molecule has 0 bridgehead atoms. The molecule has 0 radical (unpaired) electrons. The lowest BCUT2D eigenvalue weighted by Crippen LogP contribution is -2.24. The zero-order valence-corrected chi connectivity index (χ0v) is 12.5. The predicted octanol–water partition coefficient (Wildman–Crippen LogP) is 3.83. The molecular formula is C17H27N. The van der Waals surface area contributed by atoms with E-state index in [1.54, 1.807) is 5.56 Å². The summed E-state index contributed by atoms with van der Waals surface area (Å²) in [7, 11) is 0. The molecule has 1 fully saturated rings. The molecule has 0 spiro atoms. The van der Waals surface area contributed by atoms with Gasteiger partial charge in [-0.2, -0.15) is 0 Å². The maximum absolute atomic E-state index is 3.60. The normalized spacial score (nSPS) is 26.7. The second kappa shape index (κ2) is 5.05. The Morgan fingerprint density at radius 3 is 2.67 bits per heavy atom. The molecule has 0 amide bonds. The fraction of sp³-hybridized carbons (Fsp3) is 0.647. The van der Waals surface area contributed by atoms with E-state index < -0.39 is 0 Å². The Morgan fingerprint density at radius 1 is 1.33 bits per heavy atom. The summed E-state index contributed by atoms with van der Waals surface area (Å²) in [6.45, 7) is 13.7. The molecule has 1 aromatic carbocycles. The summed E-state index contributed by atoms with van der Waals surface area (Å²) in [6.07, 6.45) is 1.34. The van der Waals surface area contributed by atoms with E-state index in [0.717, 1.165) is 18.4 Å². The molecule has 0 aliphatic heterocycles. The lowest BCUT2D eigenvalue weighted by Gasteiger charge is -2.16. The molecule has 18 heavy (non-hydrogen) atoms. The maximum atomic E-state index is 3.60. The van der Waals surface area contributed by atoms with Gasteiger partial charge < -0.3 is 5.32 Å². The molecular weight excluding hydrogens is 218 g/mol. The van der Waals surface area contributed by atoms with Gasteiger partial charge in [0.05, 0.1) is 0 Å². The standard InChI is InChI=1S/C17H27N/c1-12(2)10-18-11-15-9-17(15,5)16-7-6-13(3)8-14(16)4/h6-8,12,15,18H,9-11H2,1-5H3. The van der Waals surface area contributed by atoms with Gasteiger partial charge in [-0.15, -0.1) is 0 Å². The van der Waals surface area contributed by atoms with Crippen LogP contribution in [0.25, 0.3) is 0 Å². The van der Waals surface area contributed by atoms with E-state index in [1.807, 2.05) is 0 Å². The molecule has 1 aliphatic rings. The number of rotatable bonds is 5. The minimum atomic E-state index is 0.418. The topological polar surface area (TPSA) is 12.0 Å². The van der Waals surface area contributed by atoms with Gasteiger partial charge in [0.15, 0.2) is 0 Å². The molecule has 1 aromatic rings. The van der Waals surface area contributed by atoms with Crippen molar-refractivity contribution in [3.63, 3.8) is 0 Å². The molecule has 1 nitrogen and oxygen atoms in total. The molecule has 100 valence electrons.